The van der Waals surface area contributed by atoms with Crippen LogP contribution in [0.4, 0.5) is 0 Å². The van der Waals surface area contributed by atoms with Crippen LogP contribution < -0.4 is 10.1 Å². The Morgan fingerprint density at radius 2 is 2.07 bits per heavy atom. The third-order valence-corrected chi connectivity index (χ3v) is 6.09. The fourth-order valence-corrected chi connectivity index (χ4v) is 4.61. The van der Waals surface area contributed by atoms with Gasteiger partial charge >= 0.3 is 0 Å². The standard InChI is InChI=1S/C21H26N2O3S/c1-15-6-7-20(27-15)18(23-8-10-25-11-9-23)14-22-13-17-12-16-4-3-5-19(24-2)21(16)26-17/h3-7,12,18,22H,8-11,13-14H2,1-2H3. The smallest absolute Gasteiger partial charge is 0.176 e. The van der Waals surface area contributed by atoms with Gasteiger partial charge in [0.25, 0.3) is 0 Å². The minimum atomic E-state index is 0.367. The van der Waals surface area contributed by atoms with Crippen molar-refractivity contribution in [3.05, 3.63) is 51.9 Å². The molecule has 1 atom stereocenters. The molecule has 0 bridgehead atoms. The number of morpholine rings is 1. The van der Waals surface area contributed by atoms with Crippen molar-refractivity contribution in [2.75, 3.05) is 40.0 Å². The van der Waals surface area contributed by atoms with Crippen LogP contribution in [0.3, 0.4) is 0 Å². The molecule has 0 amide bonds. The first-order chi connectivity index (χ1) is 13.2. The van der Waals surface area contributed by atoms with E-state index in [1.54, 1.807) is 7.11 Å². The highest BCUT2D eigenvalue weighted by atomic mass is 32.1. The Kier molecular flexibility index (Phi) is 5.78. The minimum absolute atomic E-state index is 0.367. The molecule has 3 aromatic rings. The number of hydrogen-bond acceptors (Lipinski definition) is 6. The van der Waals surface area contributed by atoms with E-state index in [1.165, 1.54) is 9.75 Å². The van der Waals surface area contributed by atoms with Crippen molar-refractivity contribution >= 4 is 22.3 Å². The molecule has 27 heavy (non-hydrogen) atoms. The van der Waals surface area contributed by atoms with E-state index in [-0.39, 0.29) is 0 Å². The molecule has 2 aromatic heterocycles. The van der Waals surface area contributed by atoms with E-state index in [0.29, 0.717) is 12.6 Å². The van der Waals surface area contributed by atoms with E-state index in [2.05, 4.69) is 41.4 Å². The average Bonchev–Trinajstić information content (AvgIpc) is 3.31. The van der Waals surface area contributed by atoms with Gasteiger partial charge in [-0.05, 0) is 31.2 Å². The maximum atomic E-state index is 6.01. The molecule has 6 heteroatoms. The van der Waals surface area contributed by atoms with E-state index < -0.39 is 0 Å². The molecule has 1 unspecified atom stereocenters. The molecule has 1 N–H and O–H groups in total. The Balaban J connectivity index is 1.44. The number of para-hydroxylation sites is 1. The number of nitrogens with one attached hydrogen (secondary N) is 1. The quantitative estimate of drug-likeness (QED) is 0.666. The van der Waals surface area contributed by atoms with Gasteiger partial charge in [0.2, 0.25) is 0 Å². The van der Waals surface area contributed by atoms with Gasteiger partial charge in [0.1, 0.15) is 5.76 Å². The third kappa shape index (κ3) is 4.19. The topological polar surface area (TPSA) is 46.9 Å². The molecular weight excluding hydrogens is 360 g/mol. The molecule has 3 heterocycles. The second-order valence-corrected chi connectivity index (χ2v) is 8.15. The highest BCUT2D eigenvalue weighted by Crippen LogP contribution is 2.30. The summed E-state index contributed by atoms with van der Waals surface area (Å²) in [4.78, 5) is 5.28. The van der Waals surface area contributed by atoms with Gasteiger partial charge in [0.15, 0.2) is 11.3 Å². The number of ether oxygens (including phenoxy) is 2. The molecule has 0 radical (unpaired) electrons. The number of nitrogens with zero attached hydrogens (tertiary/aromatic N) is 1. The molecule has 0 spiro atoms. The molecule has 1 aliphatic heterocycles. The van der Waals surface area contributed by atoms with Gasteiger partial charge in [0.05, 0.1) is 32.9 Å². The maximum absolute atomic E-state index is 6.01. The summed E-state index contributed by atoms with van der Waals surface area (Å²) in [7, 11) is 1.67. The number of rotatable bonds is 7. The van der Waals surface area contributed by atoms with Crippen LogP contribution >= 0.6 is 11.3 Å². The Morgan fingerprint density at radius 3 is 2.81 bits per heavy atom. The number of furan rings is 1. The van der Waals surface area contributed by atoms with Gasteiger partial charge in [0, 0.05) is 34.8 Å². The van der Waals surface area contributed by atoms with Crippen LogP contribution in [0.25, 0.3) is 11.0 Å². The monoisotopic (exact) mass is 386 g/mol. The molecule has 4 rings (SSSR count). The first-order valence-electron chi connectivity index (χ1n) is 9.39. The molecule has 0 saturated carbocycles. The van der Waals surface area contributed by atoms with E-state index in [4.69, 9.17) is 13.9 Å². The predicted octanol–water partition coefficient (Wildman–Crippen LogP) is 3.97. The summed E-state index contributed by atoms with van der Waals surface area (Å²) in [6, 6.07) is 12.9. The van der Waals surface area contributed by atoms with Crippen molar-refractivity contribution in [2.24, 2.45) is 0 Å². The Hall–Kier alpha value is -1.86. The van der Waals surface area contributed by atoms with Gasteiger partial charge in [-0.15, -0.1) is 11.3 Å². The van der Waals surface area contributed by atoms with Crippen LogP contribution in [0.5, 0.6) is 5.75 Å². The molecular formula is C21H26N2O3S. The van der Waals surface area contributed by atoms with Crippen molar-refractivity contribution in [2.45, 2.75) is 19.5 Å². The summed E-state index contributed by atoms with van der Waals surface area (Å²) in [5.74, 6) is 1.71. The van der Waals surface area contributed by atoms with Gasteiger partial charge in [-0.1, -0.05) is 12.1 Å². The van der Waals surface area contributed by atoms with Gasteiger partial charge < -0.3 is 19.2 Å². The zero-order valence-electron chi connectivity index (χ0n) is 15.9. The molecule has 144 valence electrons. The largest absolute Gasteiger partial charge is 0.493 e. The van der Waals surface area contributed by atoms with Crippen molar-refractivity contribution in [3.63, 3.8) is 0 Å². The molecule has 1 aliphatic rings. The minimum Gasteiger partial charge on any atom is -0.493 e. The number of fused-ring (bicyclic) bond motifs is 1. The number of benzene rings is 1. The first-order valence-corrected chi connectivity index (χ1v) is 10.2. The predicted molar refractivity (Wildman–Crippen MR) is 109 cm³/mol. The van der Waals surface area contributed by atoms with Gasteiger partial charge in [-0.2, -0.15) is 0 Å². The summed E-state index contributed by atoms with van der Waals surface area (Å²) in [5, 5.41) is 4.67. The normalized spacial score (nSPS) is 16.7. The molecule has 1 saturated heterocycles. The fourth-order valence-electron chi connectivity index (χ4n) is 3.60. The Bertz CT molecular complexity index is 883. The zero-order chi connectivity index (χ0) is 18.6. The second-order valence-electron chi connectivity index (χ2n) is 6.83. The van der Waals surface area contributed by atoms with E-state index in [1.807, 2.05) is 23.5 Å². The van der Waals surface area contributed by atoms with Crippen molar-refractivity contribution in [1.29, 1.82) is 0 Å². The lowest BCUT2D eigenvalue weighted by Gasteiger charge is -2.34. The maximum Gasteiger partial charge on any atom is 0.176 e. The van der Waals surface area contributed by atoms with Gasteiger partial charge in [-0.25, -0.2) is 0 Å². The Labute approximate surface area is 163 Å². The highest BCUT2D eigenvalue weighted by molar-refractivity contribution is 7.12. The summed E-state index contributed by atoms with van der Waals surface area (Å²) in [6.45, 7) is 7.32. The lowest BCUT2D eigenvalue weighted by molar-refractivity contribution is 0.0167. The zero-order valence-corrected chi connectivity index (χ0v) is 16.7. The van der Waals surface area contributed by atoms with Crippen LogP contribution in [-0.4, -0.2) is 44.9 Å². The summed E-state index contributed by atoms with van der Waals surface area (Å²) in [6.07, 6.45) is 0. The number of hydrogen-bond donors (Lipinski definition) is 1. The number of methoxy groups -OCH3 is 1. The lowest BCUT2D eigenvalue weighted by atomic mass is 10.2. The van der Waals surface area contributed by atoms with Gasteiger partial charge in [-0.3, -0.25) is 4.90 Å². The first kappa shape index (κ1) is 18.5. The summed E-state index contributed by atoms with van der Waals surface area (Å²) < 4.78 is 16.9. The van der Waals surface area contributed by atoms with Crippen LogP contribution in [0.2, 0.25) is 0 Å². The summed E-state index contributed by atoms with van der Waals surface area (Å²) >= 11 is 1.88. The van der Waals surface area contributed by atoms with Crippen LogP contribution in [0.1, 0.15) is 21.6 Å². The third-order valence-electron chi connectivity index (χ3n) is 4.99. The molecule has 0 aliphatic carbocycles. The van der Waals surface area contributed by atoms with Crippen LogP contribution in [0.15, 0.2) is 40.8 Å². The van der Waals surface area contributed by atoms with Crippen LogP contribution in [0, 0.1) is 6.92 Å². The number of thiophene rings is 1. The summed E-state index contributed by atoms with van der Waals surface area (Å²) in [5.41, 5.74) is 0.815. The second kappa shape index (κ2) is 8.44. The van der Waals surface area contributed by atoms with Crippen molar-refractivity contribution in [1.82, 2.24) is 10.2 Å². The SMILES string of the molecule is COc1cccc2cc(CNCC(c3ccc(C)s3)N3CCOCC3)oc12. The van der Waals surface area contributed by atoms with Crippen molar-refractivity contribution in [3.8, 4) is 5.75 Å². The highest BCUT2D eigenvalue weighted by Gasteiger charge is 2.23. The van der Waals surface area contributed by atoms with E-state index >= 15 is 0 Å². The Morgan fingerprint density at radius 1 is 1.22 bits per heavy atom. The van der Waals surface area contributed by atoms with E-state index in [9.17, 15) is 0 Å². The van der Waals surface area contributed by atoms with E-state index in [0.717, 1.165) is 55.3 Å². The fraction of sp³-hybridized carbons (Fsp3) is 0.429. The molecule has 1 aromatic carbocycles. The number of aryl methyl sites for hydroxylation is 1. The van der Waals surface area contributed by atoms with Crippen LogP contribution in [-0.2, 0) is 11.3 Å². The average molecular weight is 387 g/mol. The molecule has 1 fully saturated rings. The lowest BCUT2D eigenvalue weighted by Crippen LogP contribution is -2.42. The molecule has 5 nitrogen and oxygen atoms in total. The van der Waals surface area contributed by atoms with Crippen molar-refractivity contribution < 1.29 is 13.9 Å².